The van der Waals surface area contributed by atoms with Gasteiger partial charge in [0.05, 0.1) is 18.0 Å². The van der Waals surface area contributed by atoms with Crippen LogP contribution >= 0.6 is 7.82 Å². The highest BCUT2D eigenvalue weighted by atomic mass is 31.2. The van der Waals surface area contributed by atoms with E-state index >= 15 is 0 Å². The zero-order valence-electron chi connectivity index (χ0n) is 15.0. The normalized spacial score (nSPS) is 29.8. The van der Waals surface area contributed by atoms with Crippen LogP contribution in [-0.4, -0.2) is 56.1 Å². The molecule has 5 atom stereocenters. The third kappa shape index (κ3) is 4.57. The van der Waals surface area contributed by atoms with Gasteiger partial charge >= 0.3 is 13.5 Å². The molecule has 28 heavy (non-hydrogen) atoms. The zero-order chi connectivity index (χ0) is 20.5. The van der Waals surface area contributed by atoms with Crippen LogP contribution in [0.1, 0.15) is 31.1 Å². The Morgan fingerprint density at radius 3 is 2.93 bits per heavy atom. The predicted molar refractivity (Wildman–Crippen MR) is 93.0 cm³/mol. The van der Waals surface area contributed by atoms with Gasteiger partial charge in [0, 0.05) is 24.7 Å². The Balaban J connectivity index is 1.60. The number of aromatic nitrogens is 2. The van der Waals surface area contributed by atoms with Crippen molar-refractivity contribution in [2.24, 2.45) is 5.29 Å². The quantitative estimate of drug-likeness (QED) is 0.394. The highest BCUT2D eigenvalue weighted by Gasteiger charge is 2.39. The molecule has 1 aromatic heterocycles. The van der Waals surface area contributed by atoms with Gasteiger partial charge in [0.15, 0.2) is 6.23 Å². The Morgan fingerprint density at radius 2 is 2.21 bits per heavy atom. The first-order valence-electron chi connectivity index (χ1n) is 8.61. The first-order chi connectivity index (χ1) is 13.2. The molecular formula is C14H21N4O9P. The monoisotopic (exact) mass is 420 g/mol. The number of nitrogens with one attached hydrogen (secondary N) is 1. The number of rotatable bonds is 7. The molecule has 1 aromatic rings. The van der Waals surface area contributed by atoms with Crippen molar-refractivity contribution in [1.29, 1.82) is 0 Å². The van der Waals surface area contributed by atoms with Gasteiger partial charge in [-0.05, 0) is 19.8 Å². The van der Waals surface area contributed by atoms with E-state index in [2.05, 4.69) is 10.3 Å². The lowest BCUT2D eigenvalue weighted by atomic mass is 10.2. The fraction of sp³-hybridized carbons (Fsp3) is 0.714. The number of phosphoric acid groups is 1. The minimum absolute atomic E-state index is 0.0153. The average Bonchev–Trinajstić information content (AvgIpc) is 3.22. The molecule has 13 nitrogen and oxygen atoms in total. The van der Waals surface area contributed by atoms with Crippen molar-refractivity contribution >= 4 is 7.82 Å². The standard InChI is InChI=1S/C14H21N4O9P/c1-8-6-17(14(21)15-13(8)20)12-5-9(19)10(26-12)7-25-28(23,24)27-11-3-2-4-18(11)16-22/h6,9-12,19H,2-5,7H2,1H3,(H,23,24)(H,15,20,21). The number of aliphatic hydroxyl groups is 1. The summed E-state index contributed by atoms with van der Waals surface area (Å²) in [4.78, 5) is 46.0. The van der Waals surface area contributed by atoms with E-state index in [9.17, 15) is 29.1 Å². The Morgan fingerprint density at radius 1 is 1.46 bits per heavy atom. The summed E-state index contributed by atoms with van der Waals surface area (Å²) in [5.41, 5.74) is -0.937. The molecule has 2 fully saturated rings. The summed E-state index contributed by atoms with van der Waals surface area (Å²) in [6.45, 7) is 1.35. The molecule has 2 aliphatic rings. The van der Waals surface area contributed by atoms with E-state index in [-0.39, 0.29) is 12.0 Å². The second-order valence-corrected chi connectivity index (χ2v) is 8.03. The van der Waals surface area contributed by atoms with Crippen molar-refractivity contribution in [2.75, 3.05) is 13.2 Å². The second kappa shape index (κ2) is 8.23. The van der Waals surface area contributed by atoms with E-state index in [0.717, 1.165) is 9.58 Å². The van der Waals surface area contributed by atoms with Gasteiger partial charge in [-0.15, -0.1) is 4.91 Å². The topological polar surface area (TPSA) is 173 Å². The number of nitroso groups, excluding NO2 is 1. The SMILES string of the molecule is Cc1cn(C2CC(O)C(COP(=O)(O)OC3CCCN3N=O)O2)c(=O)[nH]c1=O. The fourth-order valence-electron chi connectivity index (χ4n) is 3.11. The highest BCUT2D eigenvalue weighted by Crippen LogP contribution is 2.47. The number of H-pyrrole nitrogens is 1. The second-order valence-electron chi connectivity index (χ2n) is 6.62. The molecule has 0 saturated carbocycles. The fourth-order valence-corrected chi connectivity index (χ4v) is 4.03. The van der Waals surface area contributed by atoms with Gasteiger partial charge in [0.2, 0.25) is 0 Å². The number of hydrogen-bond donors (Lipinski definition) is 3. The number of nitrogens with zero attached hydrogens (tertiary/aromatic N) is 3. The molecule has 14 heteroatoms. The van der Waals surface area contributed by atoms with Crippen LogP contribution in [0.3, 0.4) is 0 Å². The Bertz CT molecular complexity index is 886. The molecule has 0 aromatic carbocycles. The maximum Gasteiger partial charge on any atom is 0.474 e. The van der Waals surface area contributed by atoms with Crippen LogP contribution in [0.5, 0.6) is 0 Å². The van der Waals surface area contributed by atoms with Gasteiger partial charge in [0.25, 0.3) is 5.56 Å². The molecule has 0 aliphatic carbocycles. The summed E-state index contributed by atoms with van der Waals surface area (Å²) < 4.78 is 28.6. The Labute approximate surface area is 158 Å². The third-order valence-corrected chi connectivity index (χ3v) is 5.58. The van der Waals surface area contributed by atoms with E-state index < -0.39 is 50.3 Å². The molecule has 156 valence electrons. The lowest BCUT2D eigenvalue weighted by Gasteiger charge is -2.22. The van der Waals surface area contributed by atoms with Crippen molar-refractivity contribution in [2.45, 2.75) is 50.8 Å². The maximum absolute atomic E-state index is 12.1. The molecular weight excluding hydrogens is 399 g/mol. The summed E-state index contributed by atoms with van der Waals surface area (Å²) in [5, 5.41) is 13.9. The van der Waals surface area contributed by atoms with E-state index in [0.29, 0.717) is 19.4 Å². The van der Waals surface area contributed by atoms with Crippen molar-refractivity contribution in [1.82, 2.24) is 14.6 Å². The van der Waals surface area contributed by atoms with E-state index in [1.54, 1.807) is 0 Å². The molecule has 0 spiro atoms. The molecule has 0 amide bonds. The summed E-state index contributed by atoms with van der Waals surface area (Å²) in [7, 11) is -4.53. The number of ether oxygens (including phenoxy) is 1. The predicted octanol–water partition coefficient (Wildman–Crippen LogP) is -0.270. The molecule has 0 radical (unpaired) electrons. The van der Waals surface area contributed by atoms with Gasteiger partial charge in [0.1, 0.15) is 12.3 Å². The summed E-state index contributed by atoms with van der Waals surface area (Å²) in [6, 6.07) is 0. The Hall–Kier alpha value is -1.89. The van der Waals surface area contributed by atoms with Crippen LogP contribution < -0.4 is 11.2 Å². The van der Waals surface area contributed by atoms with Crippen LogP contribution in [-0.2, 0) is 18.3 Å². The van der Waals surface area contributed by atoms with Crippen LogP contribution in [0, 0.1) is 11.8 Å². The molecule has 0 bridgehead atoms. The number of phosphoric ester groups is 1. The molecule has 3 heterocycles. The van der Waals surface area contributed by atoms with Crippen LogP contribution in [0.15, 0.2) is 21.1 Å². The first kappa shape index (κ1) is 20.8. The molecule has 3 rings (SSSR count). The van der Waals surface area contributed by atoms with Crippen molar-refractivity contribution in [3.8, 4) is 0 Å². The number of hydrogen-bond acceptors (Lipinski definition) is 9. The molecule has 2 aliphatic heterocycles. The van der Waals surface area contributed by atoms with Crippen LogP contribution in [0.4, 0.5) is 0 Å². The van der Waals surface area contributed by atoms with Gasteiger partial charge in [-0.1, -0.05) is 0 Å². The van der Waals surface area contributed by atoms with Crippen LogP contribution in [0.25, 0.3) is 0 Å². The smallest absolute Gasteiger partial charge is 0.390 e. The lowest BCUT2D eigenvalue weighted by molar-refractivity contribution is -0.0521. The van der Waals surface area contributed by atoms with E-state index in [4.69, 9.17) is 13.8 Å². The zero-order valence-corrected chi connectivity index (χ0v) is 15.9. The Kier molecular flexibility index (Phi) is 6.12. The summed E-state index contributed by atoms with van der Waals surface area (Å²) >= 11 is 0. The van der Waals surface area contributed by atoms with Crippen molar-refractivity contribution < 1.29 is 28.3 Å². The van der Waals surface area contributed by atoms with Gasteiger partial charge in [-0.2, -0.15) is 0 Å². The minimum Gasteiger partial charge on any atom is -0.390 e. The van der Waals surface area contributed by atoms with Crippen molar-refractivity contribution in [3.05, 3.63) is 37.5 Å². The lowest BCUT2D eigenvalue weighted by Crippen LogP contribution is -2.33. The number of aromatic amines is 1. The number of aryl methyl sites for hydroxylation is 1. The molecule has 2 saturated heterocycles. The van der Waals surface area contributed by atoms with Crippen molar-refractivity contribution in [3.63, 3.8) is 0 Å². The summed E-state index contributed by atoms with van der Waals surface area (Å²) in [5.74, 6) is 0. The largest absolute Gasteiger partial charge is 0.474 e. The van der Waals surface area contributed by atoms with Crippen LogP contribution in [0.2, 0.25) is 0 Å². The van der Waals surface area contributed by atoms with Gasteiger partial charge in [-0.25, -0.2) is 14.4 Å². The first-order valence-corrected chi connectivity index (χ1v) is 10.1. The van der Waals surface area contributed by atoms with E-state index in [1.807, 2.05) is 0 Å². The number of aliphatic hydroxyl groups excluding tert-OH is 1. The average molecular weight is 420 g/mol. The minimum atomic E-state index is -4.53. The van der Waals surface area contributed by atoms with Gasteiger partial charge < -0.3 is 14.7 Å². The maximum atomic E-state index is 12.1. The molecule has 3 N–H and O–H groups in total. The third-order valence-electron chi connectivity index (χ3n) is 4.59. The summed E-state index contributed by atoms with van der Waals surface area (Å²) in [6.07, 6.45) is -1.67. The van der Waals surface area contributed by atoms with E-state index in [1.165, 1.54) is 13.1 Å². The van der Waals surface area contributed by atoms with Gasteiger partial charge in [-0.3, -0.25) is 23.4 Å². The highest BCUT2D eigenvalue weighted by molar-refractivity contribution is 7.47. The molecule has 5 unspecified atom stereocenters.